The van der Waals surface area contributed by atoms with Crippen LogP contribution in [0.1, 0.15) is 67.1 Å². The number of tetrazole rings is 1. The molecule has 174 valence electrons. The second-order valence-electron chi connectivity index (χ2n) is 7.59. The van der Waals surface area contributed by atoms with Crippen molar-refractivity contribution >= 4 is 22.6 Å². The number of halogens is 4. The van der Waals surface area contributed by atoms with E-state index in [2.05, 4.69) is 25.8 Å². The molecule has 0 aliphatic rings. The van der Waals surface area contributed by atoms with E-state index < -0.39 is 24.1 Å². The Hall–Kier alpha value is -2.98. The zero-order chi connectivity index (χ0) is 23.6. The van der Waals surface area contributed by atoms with E-state index in [0.717, 1.165) is 17.5 Å². The first kappa shape index (κ1) is 23.2. The van der Waals surface area contributed by atoms with Gasteiger partial charge < -0.3 is 9.26 Å². The normalized spacial score (nSPS) is 14.0. The Kier molecular flexibility index (Phi) is 6.66. The van der Waals surface area contributed by atoms with Gasteiger partial charge in [0.05, 0.1) is 11.5 Å². The number of aromatic nitrogens is 5. The van der Waals surface area contributed by atoms with E-state index >= 15 is 0 Å². The van der Waals surface area contributed by atoms with Gasteiger partial charge in [0.15, 0.2) is 17.1 Å². The van der Waals surface area contributed by atoms with Gasteiger partial charge in [0.2, 0.25) is 0 Å². The number of benzene rings is 2. The molecule has 2 heterocycles. The average molecular weight is 480 g/mol. The number of aromatic amines is 1. The number of alkyl halides is 3. The molecular formula is C22H21ClF3N5O2. The Morgan fingerprint density at radius 1 is 1.15 bits per heavy atom. The Bertz CT molecular complexity index is 1210. The highest BCUT2D eigenvalue weighted by Gasteiger charge is 2.38. The lowest BCUT2D eigenvalue weighted by Crippen LogP contribution is -2.14. The molecule has 0 spiro atoms. The van der Waals surface area contributed by atoms with Crippen molar-refractivity contribution in [2.24, 2.45) is 0 Å². The number of nitrogens with one attached hydrogen (secondary N) is 1. The zero-order valence-electron chi connectivity index (χ0n) is 17.9. The molecule has 0 radical (unpaired) electrons. The summed E-state index contributed by atoms with van der Waals surface area (Å²) in [5.41, 5.74) is 0.985. The third-order valence-corrected chi connectivity index (χ3v) is 5.52. The molecule has 0 fully saturated rings. The lowest BCUT2D eigenvalue weighted by Gasteiger charge is -2.24. The molecule has 0 saturated carbocycles. The summed E-state index contributed by atoms with van der Waals surface area (Å²) in [6.07, 6.45) is -4.13. The third kappa shape index (κ3) is 4.86. The predicted molar refractivity (Wildman–Crippen MR) is 115 cm³/mol. The molecular weight excluding hydrogens is 459 g/mol. The van der Waals surface area contributed by atoms with Crippen LogP contribution < -0.4 is 0 Å². The first-order valence-corrected chi connectivity index (χ1v) is 10.8. The van der Waals surface area contributed by atoms with Crippen molar-refractivity contribution in [2.45, 2.75) is 51.5 Å². The Balaban J connectivity index is 1.80. The molecule has 11 heteroatoms. The molecule has 4 aromatic rings. The fourth-order valence-corrected chi connectivity index (χ4v) is 3.90. The van der Waals surface area contributed by atoms with Crippen molar-refractivity contribution < 1.29 is 22.4 Å². The van der Waals surface area contributed by atoms with Crippen LogP contribution in [0.15, 0.2) is 40.9 Å². The summed E-state index contributed by atoms with van der Waals surface area (Å²) >= 11 is 6.02. The van der Waals surface area contributed by atoms with Crippen LogP contribution >= 0.6 is 11.6 Å². The van der Waals surface area contributed by atoms with Gasteiger partial charge in [-0.25, -0.2) is 5.10 Å². The number of ether oxygens (including phenoxy) is 1. The number of hydrogen-bond donors (Lipinski definition) is 1. The number of aryl methyl sites for hydroxylation is 1. The highest BCUT2D eigenvalue weighted by atomic mass is 35.5. The zero-order valence-corrected chi connectivity index (χ0v) is 18.6. The molecule has 2 atom stereocenters. The van der Waals surface area contributed by atoms with Crippen LogP contribution in [-0.2, 0) is 17.3 Å². The first-order valence-electron chi connectivity index (χ1n) is 10.5. The van der Waals surface area contributed by atoms with Crippen LogP contribution in [-0.4, -0.2) is 25.8 Å². The van der Waals surface area contributed by atoms with Gasteiger partial charge in [0.25, 0.3) is 0 Å². The van der Waals surface area contributed by atoms with Crippen molar-refractivity contribution in [1.29, 1.82) is 0 Å². The van der Waals surface area contributed by atoms with Gasteiger partial charge >= 0.3 is 6.18 Å². The van der Waals surface area contributed by atoms with E-state index in [-0.39, 0.29) is 11.0 Å². The van der Waals surface area contributed by atoms with Crippen LogP contribution in [0.5, 0.6) is 0 Å². The number of fused-ring (bicyclic) bond motifs is 1. The number of hydrogen-bond acceptors (Lipinski definition) is 6. The maximum absolute atomic E-state index is 13.5. The van der Waals surface area contributed by atoms with Gasteiger partial charge in [-0.3, -0.25) is 0 Å². The van der Waals surface area contributed by atoms with Crippen molar-refractivity contribution in [3.8, 4) is 0 Å². The number of nitrogens with zero attached hydrogens (tertiary/aromatic N) is 4. The second kappa shape index (κ2) is 9.48. The van der Waals surface area contributed by atoms with Crippen LogP contribution in [0.25, 0.3) is 11.0 Å². The van der Waals surface area contributed by atoms with E-state index in [1.165, 1.54) is 6.07 Å². The monoisotopic (exact) mass is 479 g/mol. The maximum atomic E-state index is 13.5. The highest BCUT2D eigenvalue weighted by molar-refractivity contribution is 6.30. The molecule has 2 aromatic heterocycles. The summed E-state index contributed by atoms with van der Waals surface area (Å²) in [5.74, 6) is 0.352. The van der Waals surface area contributed by atoms with Crippen molar-refractivity contribution in [3.63, 3.8) is 0 Å². The van der Waals surface area contributed by atoms with Crippen LogP contribution in [0.4, 0.5) is 13.2 Å². The van der Waals surface area contributed by atoms with Gasteiger partial charge in [-0.05, 0) is 58.7 Å². The van der Waals surface area contributed by atoms with E-state index in [1.54, 1.807) is 24.3 Å². The topological polar surface area (TPSA) is 89.7 Å². The quantitative estimate of drug-likeness (QED) is 0.322. The molecule has 33 heavy (non-hydrogen) atoms. The molecule has 2 unspecified atom stereocenters. The van der Waals surface area contributed by atoms with E-state index in [9.17, 15) is 13.2 Å². The van der Waals surface area contributed by atoms with Gasteiger partial charge in [-0.1, -0.05) is 49.2 Å². The molecule has 0 saturated heterocycles. The number of rotatable bonds is 8. The molecule has 0 aliphatic carbocycles. The summed E-state index contributed by atoms with van der Waals surface area (Å²) < 4.78 is 52.2. The van der Waals surface area contributed by atoms with Gasteiger partial charge in [0, 0.05) is 10.6 Å². The van der Waals surface area contributed by atoms with Gasteiger partial charge in [-0.15, -0.1) is 5.10 Å². The highest BCUT2D eigenvalue weighted by Crippen LogP contribution is 2.40. The molecule has 0 aliphatic heterocycles. The summed E-state index contributed by atoms with van der Waals surface area (Å²) in [6.45, 7) is 3.84. The van der Waals surface area contributed by atoms with E-state index in [0.29, 0.717) is 29.3 Å². The lowest BCUT2D eigenvalue weighted by molar-refractivity contribution is -0.141. The largest absolute Gasteiger partial charge is 0.437 e. The van der Waals surface area contributed by atoms with Gasteiger partial charge in [-0.2, -0.15) is 13.2 Å². The molecule has 0 bridgehead atoms. The predicted octanol–water partition coefficient (Wildman–Crippen LogP) is 6.22. The summed E-state index contributed by atoms with van der Waals surface area (Å²) in [4.78, 5) is 0. The smallest absolute Gasteiger partial charge is 0.357 e. The van der Waals surface area contributed by atoms with Crippen LogP contribution in [0.2, 0.25) is 5.02 Å². The summed E-state index contributed by atoms with van der Waals surface area (Å²) in [5, 5.41) is 17.8. The van der Waals surface area contributed by atoms with Crippen molar-refractivity contribution in [2.75, 3.05) is 0 Å². The van der Waals surface area contributed by atoms with E-state index in [4.69, 9.17) is 20.9 Å². The Morgan fingerprint density at radius 2 is 1.91 bits per heavy atom. The minimum Gasteiger partial charge on any atom is -0.357 e. The summed E-state index contributed by atoms with van der Waals surface area (Å²) in [6, 6.07) is 10.3. The number of H-pyrrole nitrogens is 1. The maximum Gasteiger partial charge on any atom is 0.437 e. The molecule has 0 amide bonds. The van der Waals surface area contributed by atoms with Crippen LogP contribution in [0, 0.1) is 0 Å². The fourth-order valence-electron chi connectivity index (χ4n) is 3.78. The van der Waals surface area contributed by atoms with Crippen molar-refractivity contribution in [3.05, 3.63) is 69.6 Å². The molecule has 4 rings (SSSR count). The van der Waals surface area contributed by atoms with Gasteiger partial charge in [0.1, 0.15) is 6.10 Å². The Morgan fingerprint density at radius 3 is 2.52 bits per heavy atom. The summed E-state index contributed by atoms with van der Waals surface area (Å²) in [7, 11) is 0. The molecule has 1 N–H and O–H groups in total. The minimum atomic E-state index is -4.63. The molecule has 2 aromatic carbocycles. The Labute approximate surface area is 192 Å². The standard InChI is InChI=1S/C22H21ClF3N5O2/c1-3-5-12-10-15(19-16(11-12)20(29-33-19)22(24,25)26)17(4-2)32-18(21-27-30-31-28-21)13-6-8-14(23)9-7-13/h6-11,17-18H,3-5H2,1-2H3,(H,27,28,30,31). The van der Waals surface area contributed by atoms with Crippen molar-refractivity contribution in [1.82, 2.24) is 25.8 Å². The van der Waals surface area contributed by atoms with E-state index in [1.807, 2.05) is 19.9 Å². The minimum absolute atomic E-state index is 0.0552. The average Bonchev–Trinajstić information content (AvgIpc) is 3.45. The SMILES string of the molecule is CCCc1cc(C(CC)OC(c2ccc(Cl)cc2)c2nnn[nH]2)c2onc(C(F)(F)F)c2c1. The second-order valence-corrected chi connectivity index (χ2v) is 8.03. The van der Waals surface area contributed by atoms with Crippen LogP contribution in [0.3, 0.4) is 0 Å². The fraction of sp³-hybridized carbons (Fsp3) is 0.364. The lowest BCUT2D eigenvalue weighted by atomic mass is 9.97. The first-order chi connectivity index (χ1) is 15.8. The molecule has 7 nitrogen and oxygen atoms in total. The third-order valence-electron chi connectivity index (χ3n) is 5.27.